The van der Waals surface area contributed by atoms with Crippen LogP contribution in [0.25, 0.3) is 0 Å². The van der Waals surface area contributed by atoms with Crippen LogP contribution in [0.15, 0.2) is 29.4 Å². The van der Waals surface area contributed by atoms with Gasteiger partial charge in [-0.2, -0.15) is 0 Å². The third-order valence-corrected chi connectivity index (χ3v) is 6.65. The van der Waals surface area contributed by atoms with Crippen LogP contribution in [0.5, 0.6) is 0 Å². The van der Waals surface area contributed by atoms with Crippen molar-refractivity contribution in [3.63, 3.8) is 0 Å². The van der Waals surface area contributed by atoms with Gasteiger partial charge in [0.2, 0.25) is 10.0 Å². The summed E-state index contributed by atoms with van der Waals surface area (Å²) in [7, 11) is -2.33. The zero-order valence-corrected chi connectivity index (χ0v) is 15.4. The molecule has 0 unspecified atom stereocenters. The van der Waals surface area contributed by atoms with E-state index >= 15 is 0 Å². The van der Waals surface area contributed by atoms with Crippen molar-refractivity contribution in [2.75, 3.05) is 25.0 Å². The monoisotopic (exact) mass is 379 g/mol. The molecule has 1 saturated carbocycles. The predicted molar refractivity (Wildman–Crippen MR) is 95.1 cm³/mol. The molecule has 2 aliphatic rings. The third-order valence-electron chi connectivity index (χ3n) is 5.24. The molecule has 2 fully saturated rings. The Labute approximate surface area is 152 Å². The maximum atomic E-state index is 14.5. The fraction of sp³-hybridized carbons (Fsp3) is 0.529. The van der Waals surface area contributed by atoms with Gasteiger partial charge in [-0.25, -0.2) is 17.5 Å². The average molecular weight is 379 g/mol. The summed E-state index contributed by atoms with van der Waals surface area (Å²) in [6.07, 6.45) is 5.96. The Hall–Kier alpha value is -2.00. The standard InChI is InChI=1S/C17H22FN5O2S/c1-19-26(24,25)14-4-5-16(15(18)10-14)22-8-6-12(7-9-22)17-21-20-11-23(17)13-2-3-13/h4-5,10-13,19H,2-3,6-9H2,1H3. The highest BCUT2D eigenvalue weighted by molar-refractivity contribution is 7.89. The largest absolute Gasteiger partial charge is 0.369 e. The van der Waals surface area contributed by atoms with Gasteiger partial charge in [0.1, 0.15) is 18.0 Å². The molecule has 7 nitrogen and oxygen atoms in total. The van der Waals surface area contributed by atoms with Crippen molar-refractivity contribution in [2.24, 2.45) is 0 Å². The highest BCUT2D eigenvalue weighted by Crippen LogP contribution is 2.39. The Morgan fingerprint density at radius 2 is 1.92 bits per heavy atom. The van der Waals surface area contributed by atoms with Gasteiger partial charge in [-0.15, -0.1) is 10.2 Å². The van der Waals surface area contributed by atoms with E-state index in [1.807, 2.05) is 11.2 Å². The number of nitrogens with zero attached hydrogens (tertiary/aromatic N) is 4. The lowest BCUT2D eigenvalue weighted by Gasteiger charge is -2.33. The fourth-order valence-corrected chi connectivity index (χ4v) is 4.33. The smallest absolute Gasteiger partial charge is 0.240 e. The molecule has 2 heterocycles. The second-order valence-corrected chi connectivity index (χ2v) is 8.80. The Morgan fingerprint density at radius 1 is 1.19 bits per heavy atom. The molecule has 1 aliphatic heterocycles. The first-order valence-electron chi connectivity index (χ1n) is 8.87. The van der Waals surface area contributed by atoms with Crippen molar-refractivity contribution in [3.05, 3.63) is 36.2 Å². The van der Waals surface area contributed by atoms with E-state index in [1.54, 1.807) is 6.07 Å². The fourth-order valence-electron chi connectivity index (χ4n) is 3.59. The Balaban J connectivity index is 1.47. The molecular formula is C17H22FN5O2S. The minimum Gasteiger partial charge on any atom is -0.369 e. The molecule has 0 bridgehead atoms. The second kappa shape index (κ2) is 6.62. The summed E-state index contributed by atoms with van der Waals surface area (Å²) in [5.74, 6) is 0.866. The van der Waals surface area contributed by atoms with E-state index in [0.29, 0.717) is 30.7 Å². The lowest BCUT2D eigenvalue weighted by molar-refractivity contribution is 0.460. The molecule has 0 amide bonds. The second-order valence-electron chi connectivity index (χ2n) is 6.91. The lowest BCUT2D eigenvalue weighted by atomic mass is 9.95. The number of sulfonamides is 1. The van der Waals surface area contributed by atoms with Crippen LogP contribution in [0.3, 0.4) is 0 Å². The van der Waals surface area contributed by atoms with Crippen LogP contribution in [0.4, 0.5) is 10.1 Å². The van der Waals surface area contributed by atoms with Gasteiger partial charge < -0.3 is 9.47 Å². The SMILES string of the molecule is CNS(=O)(=O)c1ccc(N2CCC(c3nncn3C3CC3)CC2)c(F)c1. The number of anilines is 1. The molecule has 1 aromatic heterocycles. The van der Waals surface area contributed by atoms with Crippen LogP contribution in [0, 0.1) is 5.82 Å². The summed E-state index contributed by atoms with van der Waals surface area (Å²) < 4.78 is 42.5. The number of benzene rings is 1. The summed E-state index contributed by atoms with van der Waals surface area (Å²) in [6, 6.07) is 4.63. The first kappa shape index (κ1) is 17.4. The van der Waals surface area contributed by atoms with E-state index < -0.39 is 15.8 Å². The van der Waals surface area contributed by atoms with Gasteiger partial charge in [0, 0.05) is 25.0 Å². The number of piperidine rings is 1. The van der Waals surface area contributed by atoms with Crippen molar-refractivity contribution < 1.29 is 12.8 Å². The van der Waals surface area contributed by atoms with Gasteiger partial charge in [0.15, 0.2) is 0 Å². The molecule has 1 saturated heterocycles. The molecule has 4 rings (SSSR count). The number of aromatic nitrogens is 3. The Morgan fingerprint density at radius 3 is 2.54 bits per heavy atom. The summed E-state index contributed by atoms with van der Waals surface area (Å²) in [5.41, 5.74) is 0.446. The highest BCUT2D eigenvalue weighted by atomic mass is 32.2. The molecule has 1 aliphatic carbocycles. The minimum absolute atomic E-state index is 0.0614. The van der Waals surface area contributed by atoms with Crippen molar-refractivity contribution in [1.82, 2.24) is 19.5 Å². The van der Waals surface area contributed by atoms with Crippen LogP contribution in [-0.2, 0) is 10.0 Å². The molecule has 1 N–H and O–H groups in total. The average Bonchev–Trinajstić information content (AvgIpc) is 3.38. The zero-order chi connectivity index (χ0) is 18.3. The lowest BCUT2D eigenvalue weighted by Crippen LogP contribution is -2.34. The van der Waals surface area contributed by atoms with Gasteiger partial charge >= 0.3 is 0 Å². The molecule has 1 aromatic carbocycles. The molecule has 2 aromatic rings. The van der Waals surface area contributed by atoms with Gasteiger partial charge in [0.25, 0.3) is 0 Å². The van der Waals surface area contributed by atoms with E-state index in [9.17, 15) is 12.8 Å². The van der Waals surface area contributed by atoms with Crippen molar-refractivity contribution >= 4 is 15.7 Å². The number of halogens is 1. The van der Waals surface area contributed by atoms with E-state index in [0.717, 1.165) is 24.7 Å². The molecule has 26 heavy (non-hydrogen) atoms. The quantitative estimate of drug-likeness (QED) is 0.860. The van der Waals surface area contributed by atoms with E-state index in [-0.39, 0.29) is 4.90 Å². The number of hydrogen-bond donors (Lipinski definition) is 1. The molecule has 0 atom stereocenters. The molecule has 140 valence electrons. The van der Waals surface area contributed by atoms with Crippen molar-refractivity contribution in [2.45, 2.75) is 42.5 Å². The van der Waals surface area contributed by atoms with Crippen LogP contribution < -0.4 is 9.62 Å². The Kier molecular flexibility index (Phi) is 4.44. The summed E-state index contributed by atoms with van der Waals surface area (Å²) in [4.78, 5) is 1.91. The zero-order valence-electron chi connectivity index (χ0n) is 14.6. The van der Waals surface area contributed by atoms with Crippen LogP contribution in [-0.4, -0.2) is 43.3 Å². The highest BCUT2D eigenvalue weighted by Gasteiger charge is 2.31. The van der Waals surface area contributed by atoms with E-state index in [4.69, 9.17) is 0 Å². The summed E-state index contributed by atoms with van der Waals surface area (Å²) >= 11 is 0. The number of rotatable bonds is 5. The van der Waals surface area contributed by atoms with Gasteiger partial charge in [-0.3, -0.25) is 0 Å². The van der Waals surface area contributed by atoms with Gasteiger partial charge in [-0.05, 0) is 50.9 Å². The normalized spacial score (nSPS) is 19.1. The summed E-state index contributed by atoms with van der Waals surface area (Å²) in [6.45, 7) is 1.41. The topological polar surface area (TPSA) is 80.1 Å². The maximum Gasteiger partial charge on any atom is 0.240 e. The number of hydrogen-bond acceptors (Lipinski definition) is 5. The molecular weight excluding hydrogens is 357 g/mol. The molecule has 9 heteroatoms. The first-order chi connectivity index (χ1) is 12.5. The van der Waals surface area contributed by atoms with Crippen LogP contribution in [0.2, 0.25) is 0 Å². The Bertz CT molecular complexity index is 902. The van der Waals surface area contributed by atoms with Gasteiger partial charge in [-0.1, -0.05) is 0 Å². The van der Waals surface area contributed by atoms with E-state index in [2.05, 4.69) is 19.5 Å². The van der Waals surface area contributed by atoms with Gasteiger partial charge in [0.05, 0.1) is 10.6 Å². The van der Waals surface area contributed by atoms with Crippen LogP contribution in [0.1, 0.15) is 43.5 Å². The van der Waals surface area contributed by atoms with Crippen molar-refractivity contribution in [3.8, 4) is 0 Å². The first-order valence-corrected chi connectivity index (χ1v) is 10.4. The minimum atomic E-state index is -3.64. The molecule has 0 radical (unpaired) electrons. The number of nitrogens with one attached hydrogen (secondary N) is 1. The maximum absolute atomic E-state index is 14.5. The van der Waals surface area contributed by atoms with Crippen molar-refractivity contribution in [1.29, 1.82) is 0 Å². The van der Waals surface area contributed by atoms with E-state index in [1.165, 1.54) is 26.0 Å². The van der Waals surface area contributed by atoms with Crippen LogP contribution >= 0.6 is 0 Å². The third kappa shape index (κ3) is 3.21. The summed E-state index contributed by atoms with van der Waals surface area (Å²) in [5, 5.41) is 8.38. The molecule has 0 spiro atoms. The predicted octanol–water partition coefficient (Wildman–Crippen LogP) is 2.04.